The maximum Gasteiger partial charge on any atom is 0.337 e. The van der Waals surface area contributed by atoms with Crippen molar-refractivity contribution in [3.05, 3.63) is 47.3 Å². The maximum absolute atomic E-state index is 14.8. The number of esters is 1. The van der Waals surface area contributed by atoms with Crippen LogP contribution in [0.5, 0.6) is 0 Å². The van der Waals surface area contributed by atoms with Crippen molar-refractivity contribution in [3.63, 3.8) is 0 Å². The first-order chi connectivity index (χ1) is 12.5. The van der Waals surface area contributed by atoms with Crippen LogP contribution in [0.4, 0.5) is 4.39 Å². The summed E-state index contributed by atoms with van der Waals surface area (Å²) >= 11 is 0. The van der Waals surface area contributed by atoms with Crippen molar-refractivity contribution in [2.45, 2.75) is 51.4 Å². The van der Waals surface area contributed by atoms with Crippen molar-refractivity contribution in [3.8, 4) is 0 Å². The molecule has 0 aliphatic heterocycles. The summed E-state index contributed by atoms with van der Waals surface area (Å²) < 4.78 is 19.5. The Kier molecular flexibility index (Phi) is 4.73. The highest BCUT2D eigenvalue weighted by atomic mass is 19.1. The van der Waals surface area contributed by atoms with Gasteiger partial charge in [-0.2, -0.15) is 0 Å². The molecule has 26 heavy (non-hydrogen) atoms. The summed E-state index contributed by atoms with van der Waals surface area (Å²) in [5, 5.41) is 1.36. The number of carbonyl (C=O) groups is 1. The van der Waals surface area contributed by atoms with Crippen molar-refractivity contribution >= 4 is 16.7 Å². The molecule has 0 aromatic heterocycles. The molecule has 2 aliphatic rings. The molecule has 2 fully saturated rings. The highest BCUT2D eigenvalue weighted by Crippen LogP contribution is 2.47. The van der Waals surface area contributed by atoms with E-state index in [1.807, 2.05) is 6.07 Å². The summed E-state index contributed by atoms with van der Waals surface area (Å²) in [5.74, 6) is 2.36. The van der Waals surface area contributed by atoms with Gasteiger partial charge >= 0.3 is 5.97 Å². The second kappa shape index (κ2) is 7.02. The summed E-state index contributed by atoms with van der Waals surface area (Å²) in [6, 6.07) is 8.97. The molecule has 2 aromatic rings. The molecule has 0 heterocycles. The number of methoxy groups -OCH3 is 1. The van der Waals surface area contributed by atoms with Crippen LogP contribution >= 0.6 is 0 Å². The van der Waals surface area contributed by atoms with Gasteiger partial charge in [0.1, 0.15) is 5.82 Å². The minimum atomic E-state index is -0.430. The quantitative estimate of drug-likeness (QED) is 0.610. The number of benzene rings is 2. The van der Waals surface area contributed by atoms with Gasteiger partial charge in [0.25, 0.3) is 0 Å². The topological polar surface area (TPSA) is 26.3 Å². The smallest absolute Gasteiger partial charge is 0.337 e. The van der Waals surface area contributed by atoms with E-state index < -0.39 is 5.97 Å². The Morgan fingerprint density at radius 3 is 2.62 bits per heavy atom. The van der Waals surface area contributed by atoms with Crippen LogP contribution in [0.25, 0.3) is 10.8 Å². The molecule has 0 N–H and O–H groups in total. The third kappa shape index (κ3) is 3.24. The number of carbonyl (C=O) groups excluding carboxylic acids is 1. The van der Waals surface area contributed by atoms with Gasteiger partial charge in [0.15, 0.2) is 0 Å². The SMILES string of the molecule is COC(=O)c1ccc2cc(C3CCC4CC(C)CCC4C3)cc(F)c2c1. The standard InChI is InChI=1S/C23H27FO2/c1-14-3-4-16-10-17(6-5-15(16)9-14)20-11-18-7-8-19(23(25)26-2)12-21(18)22(24)13-20/h7-8,11-17H,3-6,9-10H2,1-2H3. The molecule has 0 amide bonds. The van der Waals surface area contributed by atoms with Gasteiger partial charge in [0.05, 0.1) is 12.7 Å². The van der Waals surface area contributed by atoms with Crippen LogP contribution < -0.4 is 0 Å². The highest BCUT2D eigenvalue weighted by molar-refractivity contribution is 5.95. The lowest BCUT2D eigenvalue weighted by Gasteiger charge is -2.41. The zero-order valence-electron chi connectivity index (χ0n) is 15.6. The number of fused-ring (bicyclic) bond motifs is 2. The van der Waals surface area contributed by atoms with Gasteiger partial charge in [-0.1, -0.05) is 25.5 Å². The molecule has 2 aromatic carbocycles. The van der Waals surface area contributed by atoms with Crippen LogP contribution in [0.15, 0.2) is 30.3 Å². The van der Waals surface area contributed by atoms with Gasteiger partial charge in [0, 0.05) is 5.39 Å². The average molecular weight is 354 g/mol. The van der Waals surface area contributed by atoms with Crippen molar-refractivity contribution < 1.29 is 13.9 Å². The number of halogens is 1. The summed E-state index contributed by atoms with van der Waals surface area (Å²) in [6.45, 7) is 2.38. The van der Waals surface area contributed by atoms with E-state index in [9.17, 15) is 9.18 Å². The van der Waals surface area contributed by atoms with E-state index in [2.05, 4.69) is 13.0 Å². The van der Waals surface area contributed by atoms with Gasteiger partial charge in [0.2, 0.25) is 0 Å². The van der Waals surface area contributed by atoms with Crippen LogP contribution in [0.1, 0.15) is 67.3 Å². The Bertz CT molecular complexity index is 828. The van der Waals surface area contributed by atoms with E-state index in [1.54, 1.807) is 18.2 Å². The van der Waals surface area contributed by atoms with E-state index in [4.69, 9.17) is 4.74 Å². The van der Waals surface area contributed by atoms with E-state index in [1.165, 1.54) is 45.6 Å². The fraction of sp³-hybridized carbons (Fsp3) is 0.522. The monoisotopic (exact) mass is 354 g/mol. The Labute approximate surface area is 154 Å². The molecule has 0 radical (unpaired) electrons. The first-order valence-corrected chi connectivity index (χ1v) is 9.86. The molecule has 138 valence electrons. The molecule has 4 unspecified atom stereocenters. The van der Waals surface area contributed by atoms with Gasteiger partial charge in [-0.05, 0) is 84.9 Å². The third-order valence-corrected chi connectivity index (χ3v) is 6.69. The molecule has 4 rings (SSSR count). The molecule has 2 aliphatic carbocycles. The largest absolute Gasteiger partial charge is 0.465 e. The molecular formula is C23H27FO2. The second-order valence-electron chi connectivity index (χ2n) is 8.38. The number of rotatable bonds is 2. The van der Waals surface area contributed by atoms with Gasteiger partial charge in [-0.25, -0.2) is 9.18 Å². The van der Waals surface area contributed by atoms with E-state index in [-0.39, 0.29) is 5.82 Å². The average Bonchev–Trinajstić information content (AvgIpc) is 2.66. The molecule has 2 saturated carbocycles. The predicted octanol–water partition coefficient (Wildman–Crippen LogP) is 6.09. The van der Waals surface area contributed by atoms with Crippen LogP contribution in [0.2, 0.25) is 0 Å². The maximum atomic E-state index is 14.8. The first-order valence-electron chi connectivity index (χ1n) is 9.86. The van der Waals surface area contributed by atoms with Crippen LogP contribution in [-0.4, -0.2) is 13.1 Å². The lowest BCUT2D eigenvalue weighted by molar-refractivity contribution is 0.0601. The fourth-order valence-electron chi connectivity index (χ4n) is 5.24. The highest BCUT2D eigenvalue weighted by Gasteiger charge is 2.35. The normalized spacial score (nSPS) is 28.6. The molecule has 0 saturated heterocycles. The third-order valence-electron chi connectivity index (χ3n) is 6.69. The number of hydrogen-bond donors (Lipinski definition) is 0. The van der Waals surface area contributed by atoms with Gasteiger partial charge in [-0.3, -0.25) is 0 Å². The molecule has 2 nitrogen and oxygen atoms in total. The number of hydrogen-bond acceptors (Lipinski definition) is 2. The summed E-state index contributed by atoms with van der Waals surface area (Å²) in [6.07, 6.45) is 7.69. The van der Waals surface area contributed by atoms with Crippen LogP contribution in [-0.2, 0) is 4.74 Å². The van der Waals surface area contributed by atoms with Crippen molar-refractivity contribution in [2.75, 3.05) is 7.11 Å². The lowest BCUT2D eigenvalue weighted by atomic mass is 9.64. The summed E-state index contributed by atoms with van der Waals surface area (Å²) in [5.41, 5.74) is 1.52. The molecule has 3 heteroatoms. The zero-order chi connectivity index (χ0) is 18.3. The van der Waals surface area contributed by atoms with Crippen molar-refractivity contribution in [2.24, 2.45) is 17.8 Å². The zero-order valence-corrected chi connectivity index (χ0v) is 15.6. The van der Waals surface area contributed by atoms with E-state index in [0.29, 0.717) is 16.9 Å². The Hall–Kier alpha value is -1.90. The number of ether oxygens (including phenoxy) is 1. The second-order valence-corrected chi connectivity index (χ2v) is 8.38. The first kappa shape index (κ1) is 17.5. The minimum Gasteiger partial charge on any atom is -0.465 e. The Balaban J connectivity index is 1.60. The summed E-state index contributed by atoms with van der Waals surface area (Å²) in [4.78, 5) is 11.7. The van der Waals surface area contributed by atoms with Crippen molar-refractivity contribution in [1.29, 1.82) is 0 Å². The molecule has 0 bridgehead atoms. The van der Waals surface area contributed by atoms with E-state index >= 15 is 0 Å². The predicted molar refractivity (Wildman–Crippen MR) is 102 cm³/mol. The lowest BCUT2D eigenvalue weighted by Crippen LogP contribution is -2.29. The fourth-order valence-corrected chi connectivity index (χ4v) is 5.24. The Morgan fingerprint density at radius 1 is 1.04 bits per heavy atom. The van der Waals surface area contributed by atoms with E-state index in [0.717, 1.165) is 28.7 Å². The van der Waals surface area contributed by atoms with Crippen LogP contribution in [0, 0.1) is 23.6 Å². The molecule has 0 spiro atoms. The van der Waals surface area contributed by atoms with Gasteiger partial charge in [-0.15, -0.1) is 0 Å². The minimum absolute atomic E-state index is 0.234. The molecule has 4 atom stereocenters. The summed E-state index contributed by atoms with van der Waals surface area (Å²) in [7, 11) is 1.34. The van der Waals surface area contributed by atoms with Gasteiger partial charge < -0.3 is 4.74 Å². The molecular weight excluding hydrogens is 327 g/mol. The van der Waals surface area contributed by atoms with Crippen LogP contribution in [0.3, 0.4) is 0 Å². The van der Waals surface area contributed by atoms with Crippen molar-refractivity contribution in [1.82, 2.24) is 0 Å². The Morgan fingerprint density at radius 2 is 1.81 bits per heavy atom.